The molecule has 0 fully saturated rings. The van der Waals surface area contributed by atoms with Gasteiger partial charge in [0, 0.05) is 7.11 Å². The van der Waals surface area contributed by atoms with Gasteiger partial charge in [0.05, 0.1) is 0 Å². The Bertz CT molecular complexity index is 142. The number of carbonyl (C=O) groups excluding carboxylic acids is 3. The Balaban J connectivity index is 4.35. The summed E-state index contributed by atoms with van der Waals surface area (Å²) in [6.07, 6.45) is 0. The van der Waals surface area contributed by atoms with Gasteiger partial charge in [-0.1, -0.05) is 0 Å². The van der Waals surface area contributed by atoms with Crippen molar-refractivity contribution in [3.8, 4) is 0 Å². The van der Waals surface area contributed by atoms with Crippen LogP contribution < -0.4 is 0 Å². The molecule has 0 aliphatic heterocycles. The molecule has 0 aromatic carbocycles. The predicted molar refractivity (Wildman–Crippen MR) is 34.2 cm³/mol. The van der Waals surface area contributed by atoms with E-state index >= 15 is 0 Å². The van der Waals surface area contributed by atoms with E-state index in [0.29, 0.717) is 0 Å². The molecule has 0 atom stereocenters. The molecule has 0 N–H and O–H groups in total. The van der Waals surface area contributed by atoms with Crippen molar-refractivity contribution in [2.75, 3.05) is 7.11 Å². The fourth-order valence-corrected chi connectivity index (χ4v) is 1.21. The number of rotatable bonds is 7. The summed E-state index contributed by atoms with van der Waals surface area (Å²) in [6.45, 7) is -0.117. The smallest absolute Gasteiger partial charge is 0.435 e. The van der Waals surface area contributed by atoms with Gasteiger partial charge in [0.25, 0.3) is 19.4 Å². The van der Waals surface area contributed by atoms with E-state index in [1.807, 2.05) is 0 Å². The van der Waals surface area contributed by atoms with E-state index < -0.39 is 9.05 Å². The first-order valence-corrected chi connectivity index (χ1v) is 4.27. The van der Waals surface area contributed by atoms with E-state index in [9.17, 15) is 14.4 Å². The SMILES string of the molecule is CO[Si](OC=O)(OC=O)OC=O. The van der Waals surface area contributed by atoms with Gasteiger partial charge in [-0.25, -0.2) is 0 Å². The molecule has 0 aliphatic rings. The van der Waals surface area contributed by atoms with Gasteiger partial charge in [-0.3, -0.25) is 14.4 Å². The minimum atomic E-state index is -3.87. The lowest BCUT2D eigenvalue weighted by atomic mass is 11.7. The third-order valence-electron chi connectivity index (χ3n) is 0.827. The molecule has 68 valence electrons. The molecule has 0 saturated carbocycles. The third kappa shape index (κ3) is 2.68. The Hall–Kier alpha value is -1.41. The second-order valence-corrected chi connectivity index (χ2v) is 3.46. The summed E-state index contributed by atoms with van der Waals surface area (Å²) in [5, 5.41) is 0. The normalized spacial score (nSPS) is 9.75. The molecular formula is C4H6O7Si. The molecule has 0 saturated heterocycles. The van der Waals surface area contributed by atoms with Crippen LogP contribution >= 0.6 is 0 Å². The zero-order valence-corrected chi connectivity index (χ0v) is 7.09. The van der Waals surface area contributed by atoms with Crippen molar-refractivity contribution in [1.82, 2.24) is 0 Å². The van der Waals surface area contributed by atoms with Crippen molar-refractivity contribution < 1.29 is 32.1 Å². The van der Waals surface area contributed by atoms with Crippen molar-refractivity contribution in [3.63, 3.8) is 0 Å². The van der Waals surface area contributed by atoms with Crippen LogP contribution in [0.2, 0.25) is 0 Å². The van der Waals surface area contributed by atoms with E-state index in [1.165, 1.54) is 0 Å². The standard InChI is InChI=1S/C4H6O7Si/c1-8-12(9-2-5,10-3-6)11-4-7/h2-4H,1H3. The fraction of sp³-hybridized carbons (Fsp3) is 0.250. The maximum Gasteiger partial charge on any atom is 0.898 e. The van der Waals surface area contributed by atoms with E-state index in [2.05, 4.69) is 17.7 Å². The lowest BCUT2D eigenvalue weighted by Gasteiger charge is -2.17. The molecule has 0 aliphatic carbocycles. The average molecular weight is 194 g/mol. The molecule has 0 bridgehead atoms. The molecule has 8 heteroatoms. The molecule has 0 heterocycles. The summed E-state index contributed by atoms with van der Waals surface area (Å²) in [5.74, 6) is 0. The molecule has 12 heavy (non-hydrogen) atoms. The maximum absolute atomic E-state index is 9.87. The quantitative estimate of drug-likeness (QED) is 0.363. The Kier molecular flexibility index (Phi) is 4.65. The summed E-state index contributed by atoms with van der Waals surface area (Å²) in [5.41, 5.74) is 0. The largest absolute Gasteiger partial charge is 0.898 e. The highest BCUT2D eigenvalue weighted by molar-refractivity contribution is 6.57. The van der Waals surface area contributed by atoms with Gasteiger partial charge in [0.15, 0.2) is 0 Å². The first-order chi connectivity index (χ1) is 5.74. The summed E-state index contributed by atoms with van der Waals surface area (Å²) in [7, 11) is -2.80. The second-order valence-electron chi connectivity index (χ2n) is 1.35. The van der Waals surface area contributed by atoms with Gasteiger partial charge in [-0.2, -0.15) is 0 Å². The molecule has 7 nitrogen and oxygen atoms in total. The summed E-state index contributed by atoms with van der Waals surface area (Å²) in [6, 6.07) is 0. The minimum absolute atomic E-state index is 0.0390. The van der Waals surface area contributed by atoms with Crippen LogP contribution in [0.1, 0.15) is 0 Å². The van der Waals surface area contributed by atoms with Crippen LogP contribution in [0.25, 0.3) is 0 Å². The fourth-order valence-electron chi connectivity index (χ4n) is 0.404. The Labute approximate surface area is 68.6 Å². The molecule has 0 rings (SSSR count). The zero-order valence-electron chi connectivity index (χ0n) is 6.09. The van der Waals surface area contributed by atoms with E-state index in [-0.39, 0.29) is 19.4 Å². The Morgan fingerprint density at radius 2 is 1.25 bits per heavy atom. The minimum Gasteiger partial charge on any atom is -0.435 e. The summed E-state index contributed by atoms with van der Waals surface area (Å²) < 4.78 is 17.0. The number of hydrogen-bond acceptors (Lipinski definition) is 7. The summed E-state index contributed by atoms with van der Waals surface area (Å²) in [4.78, 5) is 29.6. The van der Waals surface area contributed by atoms with Crippen LogP contribution in [0, 0.1) is 0 Å². The highest BCUT2D eigenvalue weighted by Crippen LogP contribution is 2.05. The predicted octanol–water partition coefficient (Wildman–Crippen LogP) is -1.41. The van der Waals surface area contributed by atoms with Crippen LogP contribution in [0.4, 0.5) is 0 Å². The van der Waals surface area contributed by atoms with Gasteiger partial charge >= 0.3 is 9.05 Å². The molecule has 0 unspecified atom stereocenters. The highest BCUT2D eigenvalue weighted by atomic mass is 28.4. The van der Waals surface area contributed by atoms with Gasteiger partial charge in [-0.05, 0) is 0 Å². The van der Waals surface area contributed by atoms with Crippen molar-refractivity contribution in [3.05, 3.63) is 0 Å². The van der Waals surface area contributed by atoms with Crippen molar-refractivity contribution in [2.45, 2.75) is 0 Å². The third-order valence-corrected chi connectivity index (χ3v) is 2.48. The van der Waals surface area contributed by atoms with Crippen molar-refractivity contribution >= 4 is 28.5 Å². The number of hydrogen-bond donors (Lipinski definition) is 0. The zero-order chi connectivity index (χ0) is 9.45. The molecule has 0 spiro atoms. The topological polar surface area (TPSA) is 88.1 Å². The molecule has 0 aromatic heterocycles. The van der Waals surface area contributed by atoms with Gasteiger partial charge in [-0.15, -0.1) is 0 Å². The lowest BCUT2D eigenvalue weighted by molar-refractivity contribution is -0.141. The van der Waals surface area contributed by atoms with Crippen LogP contribution in [-0.2, 0) is 32.1 Å². The second kappa shape index (κ2) is 5.27. The van der Waals surface area contributed by atoms with Crippen LogP contribution in [0.3, 0.4) is 0 Å². The van der Waals surface area contributed by atoms with E-state index in [4.69, 9.17) is 0 Å². The highest BCUT2D eigenvalue weighted by Gasteiger charge is 2.53. The first kappa shape index (κ1) is 10.6. The van der Waals surface area contributed by atoms with Gasteiger partial charge in [0.2, 0.25) is 0 Å². The van der Waals surface area contributed by atoms with Crippen LogP contribution in [-0.4, -0.2) is 35.6 Å². The van der Waals surface area contributed by atoms with Crippen molar-refractivity contribution in [1.29, 1.82) is 0 Å². The monoisotopic (exact) mass is 194 g/mol. The molecule has 0 amide bonds. The van der Waals surface area contributed by atoms with Gasteiger partial charge < -0.3 is 17.7 Å². The number of carbonyl (C=O) groups is 3. The van der Waals surface area contributed by atoms with E-state index in [0.717, 1.165) is 7.11 Å². The maximum atomic E-state index is 9.87. The Morgan fingerprint density at radius 1 is 0.917 bits per heavy atom. The van der Waals surface area contributed by atoms with E-state index in [1.54, 1.807) is 0 Å². The van der Waals surface area contributed by atoms with Crippen LogP contribution in [0.15, 0.2) is 0 Å². The van der Waals surface area contributed by atoms with Gasteiger partial charge in [0.1, 0.15) is 0 Å². The Morgan fingerprint density at radius 3 is 1.42 bits per heavy atom. The molecule has 0 aromatic rings. The molecule has 0 radical (unpaired) electrons. The van der Waals surface area contributed by atoms with Crippen LogP contribution in [0.5, 0.6) is 0 Å². The molecular weight excluding hydrogens is 188 g/mol. The first-order valence-electron chi connectivity index (χ1n) is 2.64. The average Bonchev–Trinajstić information content (AvgIpc) is 2.06. The van der Waals surface area contributed by atoms with Crippen molar-refractivity contribution in [2.24, 2.45) is 0 Å². The summed E-state index contributed by atoms with van der Waals surface area (Å²) >= 11 is 0. The lowest BCUT2D eigenvalue weighted by Crippen LogP contribution is -2.47.